The Bertz CT molecular complexity index is 801. The maximum absolute atomic E-state index is 11.9. The third kappa shape index (κ3) is 3.66. The largest absolute Gasteiger partial charge is 0.461 e. The number of anilines is 1. The van der Waals surface area contributed by atoms with Crippen LogP contribution in [0.5, 0.6) is 0 Å². The highest BCUT2D eigenvalue weighted by atomic mass is 35.5. The van der Waals surface area contributed by atoms with Crippen LogP contribution in [0, 0.1) is 0 Å². The van der Waals surface area contributed by atoms with E-state index in [9.17, 15) is 4.79 Å². The smallest absolute Gasteiger partial charge is 0.234 e. The molecule has 0 saturated heterocycles. The van der Waals surface area contributed by atoms with E-state index in [-0.39, 0.29) is 11.7 Å². The van der Waals surface area contributed by atoms with Gasteiger partial charge >= 0.3 is 0 Å². The van der Waals surface area contributed by atoms with Crippen molar-refractivity contribution in [3.05, 3.63) is 47.7 Å². The zero-order chi connectivity index (χ0) is 16.2. The number of amides is 1. The van der Waals surface area contributed by atoms with E-state index in [1.807, 2.05) is 0 Å². The number of nitrogen functional groups attached to an aromatic ring is 1. The molecule has 0 aliphatic carbocycles. The van der Waals surface area contributed by atoms with E-state index in [1.54, 1.807) is 36.4 Å². The minimum Gasteiger partial charge on any atom is -0.461 e. The van der Waals surface area contributed by atoms with Crippen molar-refractivity contribution in [2.24, 2.45) is 0 Å². The Kier molecular flexibility index (Phi) is 4.54. The molecule has 0 aliphatic heterocycles. The first-order chi connectivity index (χ1) is 11.1. The molecule has 0 radical (unpaired) electrons. The third-order valence-electron chi connectivity index (χ3n) is 2.87. The molecule has 1 aromatic carbocycles. The van der Waals surface area contributed by atoms with Gasteiger partial charge in [-0.2, -0.15) is 0 Å². The van der Waals surface area contributed by atoms with Gasteiger partial charge in [-0.3, -0.25) is 4.79 Å². The Morgan fingerprint density at radius 3 is 2.78 bits per heavy atom. The van der Waals surface area contributed by atoms with Gasteiger partial charge in [-0.25, -0.2) is 4.68 Å². The van der Waals surface area contributed by atoms with Gasteiger partial charge in [0.15, 0.2) is 5.76 Å². The molecular weight excluding hydrogens is 338 g/mol. The summed E-state index contributed by atoms with van der Waals surface area (Å²) < 4.78 is 6.52. The Labute approximate surface area is 140 Å². The first-order valence-corrected chi connectivity index (χ1v) is 7.92. The molecule has 0 aliphatic rings. The van der Waals surface area contributed by atoms with Crippen LogP contribution < -0.4 is 11.2 Å². The zero-order valence-corrected chi connectivity index (χ0v) is 13.3. The van der Waals surface area contributed by atoms with Crippen LogP contribution in [-0.4, -0.2) is 26.5 Å². The molecule has 9 heteroatoms. The number of carbonyl (C=O) groups excluding carboxylic acids is 1. The molecule has 2 heterocycles. The van der Waals surface area contributed by atoms with Crippen LogP contribution in [0.2, 0.25) is 5.02 Å². The van der Waals surface area contributed by atoms with E-state index in [0.717, 1.165) is 0 Å². The molecular formula is C14H12ClN5O2S. The van der Waals surface area contributed by atoms with Crippen molar-refractivity contribution in [3.63, 3.8) is 0 Å². The number of carbonyl (C=O) groups is 1. The summed E-state index contributed by atoms with van der Waals surface area (Å²) in [6.07, 6.45) is 1.52. The number of benzene rings is 1. The second kappa shape index (κ2) is 6.76. The number of hydrogen-bond donors (Lipinski definition) is 2. The number of nitrogens with one attached hydrogen (secondary N) is 1. The Morgan fingerprint density at radius 1 is 1.30 bits per heavy atom. The Hall–Kier alpha value is -2.45. The molecule has 0 atom stereocenters. The van der Waals surface area contributed by atoms with Crippen molar-refractivity contribution in [1.29, 1.82) is 0 Å². The molecule has 3 rings (SSSR count). The van der Waals surface area contributed by atoms with Gasteiger partial charge in [-0.1, -0.05) is 23.4 Å². The van der Waals surface area contributed by atoms with Crippen molar-refractivity contribution in [2.45, 2.75) is 5.16 Å². The first kappa shape index (κ1) is 15.4. The number of hydrogen-bond acceptors (Lipinski definition) is 6. The van der Waals surface area contributed by atoms with Crippen LogP contribution in [0.1, 0.15) is 0 Å². The number of nitrogens with zero attached hydrogens (tertiary/aromatic N) is 3. The quantitative estimate of drug-likeness (QED) is 0.542. The average molecular weight is 350 g/mol. The van der Waals surface area contributed by atoms with Gasteiger partial charge in [0, 0.05) is 10.7 Å². The lowest BCUT2D eigenvalue weighted by Gasteiger charge is -2.05. The van der Waals surface area contributed by atoms with Gasteiger partial charge in [0.05, 0.1) is 12.0 Å². The van der Waals surface area contributed by atoms with Crippen molar-refractivity contribution in [2.75, 3.05) is 16.9 Å². The molecule has 2 aromatic heterocycles. The van der Waals surface area contributed by atoms with Crippen LogP contribution in [0.15, 0.2) is 52.2 Å². The summed E-state index contributed by atoms with van der Waals surface area (Å²) in [6, 6.07) is 10.3. The summed E-state index contributed by atoms with van der Waals surface area (Å²) >= 11 is 6.98. The molecule has 0 spiro atoms. The molecule has 0 bridgehead atoms. The number of halogens is 1. The maximum Gasteiger partial charge on any atom is 0.234 e. The van der Waals surface area contributed by atoms with E-state index in [0.29, 0.717) is 27.5 Å². The van der Waals surface area contributed by atoms with Gasteiger partial charge in [0.1, 0.15) is 0 Å². The summed E-state index contributed by atoms with van der Waals surface area (Å²) in [7, 11) is 0. The number of rotatable bonds is 5. The van der Waals surface area contributed by atoms with Crippen molar-refractivity contribution >= 4 is 35.0 Å². The fourth-order valence-electron chi connectivity index (χ4n) is 1.81. The molecule has 0 fully saturated rings. The average Bonchev–Trinajstić information content (AvgIpc) is 3.17. The number of nitrogens with two attached hydrogens (primary N) is 1. The fourth-order valence-corrected chi connectivity index (χ4v) is 2.59. The number of furan rings is 1. The van der Waals surface area contributed by atoms with E-state index in [1.165, 1.54) is 22.7 Å². The highest BCUT2D eigenvalue weighted by Gasteiger charge is 2.15. The molecule has 1 amide bonds. The zero-order valence-electron chi connectivity index (χ0n) is 11.8. The van der Waals surface area contributed by atoms with Gasteiger partial charge in [0.2, 0.25) is 16.9 Å². The number of thioether (sulfide) groups is 1. The fraction of sp³-hybridized carbons (Fsp3) is 0.0714. The standard InChI is InChI=1S/C14H12ClN5O2S/c15-9-3-5-10(6-4-9)17-12(21)8-23-14-19-18-13(20(14)16)11-2-1-7-22-11/h1-7H,8,16H2,(H,17,21). The molecule has 0 unspecified atom stereocenters. The highest BCUT2D eigenvalue weighted by molar-refractivity contribution is 7.99. The predicted molar refractivity (Wildman–Crippen MR) is 88.7 cm³/mol. The lowest BCUT2D eigenvalue weighted by Crippen LogP contribution is -2.16. The summed E-state index contributed by atoms with van der Waals surface area (Å²) in [4.78, 5) is 11.9. The molecule has 7 nitrogen and oxygen atoms in total. The second-order valence-electron chi connectivity index (χ2n) is 4.50. The molecule has 23 heavy (non-hydrogen) atoms. The lowest BCUT2D eigenvalue weighted by molar-refractivity contribution is -0.113. The Balaban J connectivity index is 1.60. The van der Waals surface area contributed by atoms with Crippen molar-refractivity contribution < 1.29 is 9.21 Å². The van der Waals surface area contributed by atoms with Crippen LogP contribution >= 0.6 is 23.4 Å². The van der Waals surface area contributed by atoms with Gasteiger partial charge in [0.25, 0.3) is 0 Å². The molecule has 3 aromatic rings. The third-order valence-corrected chi connectivity index (χ3v) is 4.06. The summed E-state index contributed by atoms with van der Waals surface area (Å²) in [5, 5.41) is 11.7. The minimum atomic E-state index is -0.181. The second-order valence-corrected chi connectivity index (χ2v) is 5.88. The van der Waals surface area contributed by atoms with Crippen LogP contribution in [-0.2, 0) is 4.79 Å². The summed E-state index contributed by atoms with van der Waals surface area (Å²) in [5.41, 5.74) is 0.672. The van der Waals surface area contributed by atoms with Crippen molar-refractivity contribution in [3.8, 4) is 11.6 Å². The van der Waals surface area contributed by atoms with E-state index in [2.05, 4.69) is 15.5 Å². The van der Waals surface area contributed by atoms with Crippen LogP contribution in [0.3, 0.4) is 0 Å². The number of aromatic nitrogens is 3. The van der Waals surface area contributed by atoms with Gasteiger partial charge < -0.3 is 15.6 Å². The predicted octanol–water partition coefficient (Wildman–Crippen LogP) is 2.64. The lowest BCUT2D eigenvalue weighted by atomic mass is 10.3. The van der Waals surface area contributed by atoms with Gasteiger partial charge in [-0.15, -0.1) is 10.2 Å². The molecule has 0 saturated carbocycles. The summed E-state index contributed by atoms with van der Waals surface area (Å²) in [6.45, 7) is 0. The van der Waals surface area contributed by atoms with E-state index in [4.69, 9.17) is 21.9 Å². The maximum atomic E-state index is 11.9. The van der Waals surface area contributed by atoms with Gasteiger partial charge in [-0.05, 0) is 36.4 Å². The van der Waals surface area contributed by atoms with E-state index < -0.39 is 0 Å². The van der Waals surface area contributed by atoms with Crippen molar-refractivity contribution in [1.82, 2.24) is 14.9 Å². The first-order valence-electron chi connectivity index (χ1n) is 6.56. The topological polar surface area (TPSA) is 99.0 Å². The normalized spacial score (nSPS) is 10.7. The monoisotopic (exact) mass is 349 g/mol. The summed E-state index contributed by atoms with van der Waals surface area (Å²) in [5.74, 6) is 6.79. The SMILES string of the molecule is Nn1c(SCC(=O)Nc2ccc(Cl)cc2)nnc1-c1ccco1. The van der Waals surface area contributed by atoms with Crippen LogP contribution in [0.25, 0.3) is 11.6 Å². The van der Waals surface area contributed by atoms with Crippen LogP contribution in [0.4, 0.5) is 5.69 Å². The molecule has 118 valence electrons. The molecule has 3 N–H and O–H groups in total. The van der Waals surface area contributed by atoms with E-state index >= 15 is 0 Å². The Morgan fingerprint density at radius 2 is 2.09 bits per heavy atom. The highest BCUT2D eigenvalue weighted by Crippen LogP contribution is 2.22. The minimum absolute atomic E-state index is 0.149.